The number of rotatable bonds is 4. The molecule has 1 aromatic carbocycles. The van der Waals surface area contributed by atoms with Crippen molar-refractivity contribution in [1.29, 1.82) is 0 Å². The summed E-state index contributed by atoms with van der Waals surface area (Å²) in [6.45, 7) is 1.10. The quantitative estimate of drug-likeness (QED) is 0.908. The van der Waals surface area contributed by atoms with Gasteiger partial charge in [-0.2, -0.15) is 0 Å². The van der Waals surface area contributed by atoms with E-state index >= 15 is 0 Å². The highest BCUT2D eigenvalue weighted by molar-refractivity contribution is 7.91. The van der Waals surface area contributed by atoms with Gasteiger partial charge in [0.1, 0.15) is 5.82 Å². The summed E-state index contributed by atoms with van der Waals surface area (Å²) in [4.78, 5) is 0. The second kappa shape index (κ2) is 5.98. The molecule has 0 bridgehead atoms. The van der Waals surface area contributed by atoms with Gasteiger partial charge in [0.25, 0.3) is 0 Å². The predicted molar refractivity (Wildman–Crippen MR) is 70.8 cm³/mol. The molecule has 2 N–H and O–H groups in total. The average Bonchev–Trinajstić information content (AvgIpc) is 2.41. The fourth-order valence-electron chi connectivity index (χ4n) is 2.29. The van der Waals surface area contributed by atoms with Gasteiger partial charge in [-0.25, -0.2) is 12.8 Å². The molecule has 1 aliphatic rings. The van der Waals surface area contributed by atoms with Crippen molar-refractivity contribution in [3.05, 3.63) is 35.1 Å². The van der Waals surface area contributed by atoms with Gasteiger partial charge in [-0.3, -0.25) is 0 Å². The SMILES string of the molecule is NCc1cc(F)ccc1CS(=O)(=O)C1CCOCC1. The van der Waals surface area contributed by atoms with Crippen LogP contribution in [-0.4, -0.2) is 26.9 Å². The van der Waals surface area contributed by atoms with Crippen molar-refractivity contribution in [1.82, 2.24) is 0 Å². The Morgan fingerprint density at radius 1 is 1.26 bits per heavy atom. The van der Waals surface area contributed by atoms with E-state index in [-0.39, 0.29) is 17.5 Å². The second-order valence-electron chi connectivity index (χ2n) is 4.74. The molecule has 0 amide bonds. The van der Waals surface area contributed by atoms with Crippen LogP contribution in [0.2, 0.25) is 0 Å². The van der Waals surface area contributed by atoms with Crippen molar-refractivity contribution in [2.45, 2.75) is 30.4 Å². The predicted octanol–water partition coefficient (Wildman–Crippen LogP) is 1.38. The molecule has 6 heteroatoms. The molecule has 0 atom stereocenters. The van der Waals surface area contributed by atoms with Gasteiger partial charge < -0.3 is 10.5 Å². The lowest BCUT2D eigenvalue weighted by Crippen LogP contribution is -2.30. The maximum Gasteiger partial charge on any atom is 0.157 e. The molecule has 1 fully saturated rings. The molecule has 0 radical (unpaired) electrons. The molecule has 1 heterocycles. The molecule has 1 aromatic rings. The van der Waals surface area contributed by atoms with Crippen LogP contribution in [0.5, 0.6) is 0 Å². The molecule has 0 saturated carbocycles. The molecule has 4 nitrogen and oxygen atoms in total. The Morgan fingerprint density at radius 3 is 2.58 bits per heavy atom. The minimum Gasteiger partial charge on any atom is -0.381 e. The van der Waals surface area contributed by atoms with E-state index in [9.17, 15) is 12.8 Å². The first-order valence-corrected chi connectivity index (χ1v) is 8.01. The Balaban J connectivity index is 2.19. The number of benzene rings is 1. The third-order valence-corrected chi connectivity index (χ3v) is 5.62. The normalized spacial score (nSPS) is 17.6. The highest BCUT2D eigenvalue weighted by atomic mass is 32.2. The number of ether oxygens (including phenoxy) is 1. The van der Waals surface area contributed by atoms with Crippen LogP contribution in [0.1, 0.15) is 24.0 Å². The lowest BCUT2D eigenvalue weighted by Gasteiger charge is -2.22. The van der Waals surface area contributed by atoms with E-state index in [0.717, 1.165) is 0 Å². The molecule has 1 saturated heterocycles. The van der Waals surface area contributed by atoms with Gasteiger partial charge in [-0.1, -0.05) is 6.07 Å². The Kier molecular flexibility index (Phi) is 4.54. The largest absolute Gasteiger partial charge is 0.381 e. The molecular weight excluding hydrogens is 269 g/mol. The summed E-state index contributed by atoms with van der Waals surface area (Å²) < 4.78 is 42.9. The fraction of sp³-hybridized carbons (Fsp3) is 0.538. The van der Waals surface area contributed by atoms with Gasteiger partial charge in [-0.05, 0) is 36.1 Å². The van der Waals surface area contributed by atoms with E-state index in [4.69, 9.17) is 10.5 Å². The van der Waals surface area contributed by atoms with E-state index < -0.39 is 15.7 Å². The summed E-state index contributed by atoms with van der Waals surface area (Å²) >= 11 is 0. The first-order chi connectivity index (χ1) is 9.03. The van der Waals surface area contributed by atoms with Gasteiger partial charge in [0.15, 0.2) is 9.84 Å². The molecule has 0 unspecified atom stereocenters. The van der Waals surface area contributed by atoms with Crippen molar-refractivity contribution in [3.63, 3.8) is 0 Å². The second-order valence-corrected chi connectivity index (χ2v) is 7.02. The van der Waals surface area contributed by atoms with Crippen molar-refractivity contribution >= 4 is 9.84 Å². The summed E-state index contributed by atoms with van der Waals surface area (Å²) in [5.74, 6) is -0.475. The smallest absolute Gasteiger partial charge is 0.157 e. The fourth-order valence-corrected chi connectivity index (χ4v) is 4.16. The number of sulfone groups is 1. The molecule has 1 aliphatic heterocycles. The van der Waals surface area contributed by atoms with Crippen LogP contribution in [0.15, 0.2) is 18.2 Å². The van der Waals surface area contributed by atoms with Gasteiger partial charge in [-0.15, -0.1) is 0 Å². The lowest BCUT2D eigenvalue weighted by atomic mass is 10.1. The van der Waals surface area contributed by atoms with E-state index in [2.05, 4.69) is 0 Å². The van der Waals surface area contributed by atoms with Crippen LogP contribution in [0, 0.1) is 5.82 Å². The first kappa shape index (κ1) is 14.4. The molecule has 106 valence electrons. The third-order valence-electron chi connectivity index (χ3n) is 3.42. The number of hydrogen-bond acceptors (Lipinski definition) is 4. The van der Waals surface area contributed by atoms with Crippen LogP contribution in [0.25, 0.3) is 0 Å². The topological polar surface area (TPSA) is 69.4 Å². The van der Waals surface area contributed by atoms with Crippen molar-refractivity contribution in [2.75, 3.05) is 13.2 Å². The lowest BCUT2D eigenvalue weighted by molar-refractivity contribution is 0.0983. The number of halogens is 1. The number of hydrogen-bond donors (Lipinski definition) is 1. The standard InChI is InChI=1S/C13H18FNO3S/c14-12-2-1-10(11(7-12)8-15)9-19(16,17)13-3-5-18-6-4-13/h1-2,7,13H,3-6,8-9,15H2. The minimum atomic E-state index is -3.24. The van der Waals surface area contributed by atoms with E-state index in [1.807, 2.05) is 0 Å². The summed E-state index contributed by atoms with van der Waals surface area (Å²) in [7, 11) is -3.24. The van der Waals surface area contributed by atoms with Crippen LogP contribution in [0.3, 0.4) is 0 Å². The average molecular weight is 287 g/mol. The van der Waals surface area contributed by atoms with Gasteiger partial charge in [0.05, 0.1) is 11.0 Å². The molecule has 0 spiro atoms. The van der Waals surface area contributed by atoms with Crippen molar-refractivity contribution in [2.24, 2.45) is 5.73 Å². The third kappa shape index (κ3) is 3.52. The van der Waals surface area contributed by atoms with Gasteiger partial charge >= 0.3 is 0 Å². The maximum atomic E-state index is 13.1. The van der Waals surface area contributed by atoms with Gasteiger partial charge in [0, 0.05) is 19.8 Å². The number of nitrogens with two attached hydrogens (primary N) is 1. The highest BCUT2D eigenvalue weighted by Gasteiger charge is 2.28. The van der Waals surface area contributed by atoms with Crippen molar-refractivity contribution < 1.29 is 17.5 Å². The highest BCUT2D eigenvalue weighted by Crippen LogP contribution is 2.22. The summed E-state index contributed by atoms with van der Waals surface area (Å²) in [6.07, 6.45) is 1.06. The van der Waals surface area contributed by atoms with E-state index in [1.165, 1.54) is 18.2 Å². The van der Waals surface area contributed by atoms with Crippen LogP contribution in [0.4, 0.5) is 4.39 Å². The zero-order chi connectivity index (χ0) is 13.9. The molecule has 2 rings (SSSR count). The monoisotopic (exact) mass is 287 g/mol. The molecule has 0 aliphatic carbocycles. The molecule has 19 heavy (non-hydrogen) atoms. The van der Waals surface area contributed by atoms with Crippen LogP contribution >= 0.6 is 0 Å². The van der Waals surface area contributed by atoms with E-state index in [0.29, 0.717) is 37.2 Å². The molecular formula is C13H18FNO3S. The minimum absolute atomic E-state index is 0.0789. The summed E-state index contributed by atoms with van der Waals surface area (Å²) in [5.41, 5.74) is 6.68. The van der Waals surface area contributed by atoms with Crippen LogP contribution < -0.4 is 5.73 Å². The Bertz CT molecular complexity index is 539. The van der Waals surface area contributed by atoms with Gasteiger partial charge in [0.2, 0.25) is 0 Å². The molecule has 0 aromatic heterocycles. The Hall–Kier alpha value is -0.980. The summed E-state index contributed by atoms with van der Waals surface area (Å²) in [6, 6.07) is 4.08. The first-order valence-electron chi connectivity index (χ1n) is 6.29. The Labute approximate surface area is 112 Å². The zero-order valence-electron chi connectivity index (χ0n) is 10.6. The Morgan fingerprint density at radius 2 is 1.95 bits per heavy atom. The van der Waals surface area contributed by atoms with Crippen LogP contribution in [-0.2, 0) is 26.9 Å². The van der Waals surface area contributed by atoms with E-state index in [1.54, 1.807) is 0 Å². The van der Waals surface area contributed by atoms with Crippen molar-refractivity contribution in [3.8, 4) is 0 Å². The zero-order valence-corrected chi connectivity index (χ0v) is 11.5. The summed E-state index contributed by atoms with van der Waals surface area (Å²) in [5, 5.41) is -0.364. The maximum absolute atomic E-state index is 13.1.